The maximum absolute atomic E-state index is 9.04. The summed E-state index contributed by atoms with van der Waals surface area (Å²) < 4.78 is 7.28. The number of pyridine rings is 1. The summed E-state index contributed by atoms with van der Waals surface area (Å²) in [5.74, 6) is 0. The molecule has 1 N–H and O–H groups in total. The fraction of sp³-hybridized carbons (Fsp3) is 0.350. The molecule has 1 aliphatic heterocycles. The van der Waals surface area contributed by atoms with Crippen LogP contribution in [0.1, 0.15) is 30.9 Å². The normalized spacial score (nSPS) is 15.1. The van der Waals surface area contributed by atoms with Crippen molar-refractivity contribution in [2.24, 2.45) is 0 Å². The van der Waals surface area contributed by atoms with Gasteiger partial charge in [-0.25, -0.2) is 4.52 Å². The second kappa shape index (κ2) is 7.14. The van der Waals surface area contributed by atoms with Crippen LogP contribution in [0.3, 0.4) is 0 Å². The first-order valence-electron chi connectivity index (χ1n) is 9.00. The summed E-state index contributed by atoms with van der Waals surface area (Å²) in [6.45, 7) is 3.76. The quantitative estimate of drug-likeness (QED) is 0.783. The Kier molecular flexibility index (Phi) is 4.55. The molecule has 4 heterocycles. The van der Waals surface area contributed by atoms with Crippen molar-refractivity contribution in [2.75, 3.05) is 18.5 Å². The molecule has 1 fully saturated rings. The van der Waals surface area contributed by atoms with Crippen molar-refractivity contribution >= 4 is 11.2 Å². The van der Waals surface area contributed by atoms with Crippen LogP contribution >= 0.6 is 0 Å². The Morgan fingerprint density at radius 3 is 2.88 bits per heavy atom. The zero-order valence-electron chi connectivity index (χ0n) is 14.8. The van der Waals surface area contributed by atoms with Crippen LogP contribution in [0.4, 0.5) is 5.69 Å². The van der Waals surface area contributed by atoms with Gasteiger partial charge in [-0.1, -0.05) is 6.92 Å². The predicted molar refractivity (Wildman–Crippen MR) is 100.0 cm³/mol. The number of nitrogens with zero attached hydrogens (tertiary/aromatic N) is 4. The van der Waals surface area contributed by atoms with E-state index < -0.39 is 0 Å². The maximum Gasteiger partial charge on any atom is 0.101 e. The van der Waals surface area contributed by atoms with Crippen LogP contribution < -0.4 is 5.32 Å². The number of hydrogen-bond donors (Lipinski definition) is 1. The number of nitriles is 1. The molecule has 3 aromatic heterocycles. The molecule has 0 bridgehead atoms. The van der Waals surface area contributed by atoms with Crippen molar-refractivity contribution in [1.82, 2.24) is 14.6 Å². The average molecular weight is 347 g/mol. The molecule has 0 unspecified atom stereocenters. The molecule has 0 amide bonds. The Bertz CT molecular complexity index is 966. The summed E-state index contributed by atoms with van der Waals surface area (Å²) in [5, 5.41) is 17.1. The number of aryl methyl sites for hydroxylation is 1. The van der Waals surface area contributed by atoms with Gasteiger partial charge < -0.3 is 10.1 Å². The van der Waals surface area contributed by atoms with Crippen molar-refractivity contribution < 1.29 is 4.74 Å². The van der Waals surface area contributed by atoms with Crippen LogP contribution in [0.15, 0.2) is 36.7 Å². The molecule has 0 aliphatic carbocycles. The predicted octanol–water partition coefficient (Wildman–Crippen LogP) is 3.42. The van der Waals surface area contributed by atoms with Crippen LogP contribution in [0.5, 0.6) is 0 Å². The highest BCUT2D eigenvalue weighted by Gasteiger charge is 2.16. The van der Waals surface area contributed by atoms with E-state index in [1.165, 1.54) is 5.56 Å². The highest BCUT2D eigenvalue weighted by atomic mass is 16.5. The fourth-order valence-corrected chi connectivity index (χ4v) is 3.36. The molecule has 1 aliphatic rings. The molecule has 0 radical (unpaired) electrons. The standard InChI is InChI=1S/C20H21N5O/c1-2-15-13-22-19(10-18(15)24-16-5-7-26-8-6-16)20-4-3-17-9-14(11-21)12-23-25(17)20/h3-4,9-10,12-13,16H,2,5-8H2,1H3,(H,22,24). The lowest BCUT2D eigenvalue weighted by molar-refractivity contribution is 0.0904. The van der Waals surface area contributed by atoms with E-state index in [2.05, 4.69) is 34.5 Å². The van der Waals surface area contributed by atoms with Crippen LogP contribution in [0.25, 0.3) is 16.9 Å². The van der Waals surface area contributed by atoms with Crippen molar-refractivity contribution in [2.45, 2.75) is 32.2 Å². The third-order valence-electron chi connectivity index (χ3n) is 4.84. The van der Waals surface area contributed by atoms with Gasteiger partial charge in [-0.3, -0.25) is 4.98 Å². The van der Waals surface area contributed by atoms with Crippen LogP contribution in [-0.2, 0) is 11.2 Å². The molecule has 132 valence electrons. The highest BCUT2D eigenvalue weighted by Crippen LogP contribution is 2.27. The Balaban J connectivity index is 1.70. The van der Waals surface area contributed by atoms with Gasteiger partial charge >= 0.3 is 0 Å². The van der Waals surface area contributed by atoms with E-state index in [0.717, 1.165) is 55.1 Å². The highest BCUT2D eigenvalue weighted by molar-refractivity contribution is 5.68. The summed E-state index contributed by atoms with van der Waals surface area (Å²) in [4.78, 5) is 4.65. The van der Waals surface area contributed by atoms with E-state index in [1.807, 2.05) is 28.9 Å². The van der Waals surface area contributed by atoms with Crippen molar-refractivity contribution in [3.63, 3.8) is 0 Å². The fourth-order valence-electron chi connectivity index (χ4n) is 3.36. The molecule has 6 heteroatoms. The summed E-state index contributed by atoms with van der Waals surface area (Å²) in [6, 6.07) is 10.5. The lowest BCUT2D eigenvalue weighted by Gasteiger charge is -2.25. The average Bonchev–Trinajstić information content (AvgIpc) is 3.12. The molecule has 0 atom stereocenters. The number of anilines is 1. The van der Waals surface area contributed by atoms with Gasteiger partial charge in [0.2, 0.25) is 0 Å². The number of hydrogen-bond acceptors (Lipinski definition) is 5. The zero-order chi connectivity index (χ0) is 17.9. The van der Waals surface area contributed by atoms with Crippen LogP contribution in [0.2, 0.25) is 0 Å². The Hall–Kier alpha value is -2.91. The van der Waals surface area contributed by atoms with E-state index in [1.54, 1.807) is 6.20 Å². The number of rotatable bonds is 4. The molecule has 0 saturated carbocycles. The van der Waals surface area contributed by atoms with E-state index in [0.29, 0.717) is 11.6 Å². The Labute approximate surface area is 152 Å². The van der Waals surface area contributed by atoms with Gasteiger partial charge in [-0.05, 0) is 49.1 Å². The number of fused-ring (bicyclic) bond motifs is 1. The topological polar surface area (TPSA) is 75.2 Å². The summed E-state index contributed by atoms with van der Waals surface area (Å²) in [6.07, 6.45) is 6.50. The number of ether oxygens (including phenoxy) is 1. The third kappa shape index (κ3) is 3.14. The van der Waals surface area contributed by atoms with Crippen molar-refractivity contribution in [3.05, 3.63) is 47.8 Å². The monoisotopic (exact) mass is 347 g/mol. The molecular weight excluding hydrogens is 326 g/mol. The summed E-state index contributed by atoms with van der Waals surface area (Å²) in [5.41, 5.74) is 5.57. The van der Waals surface area contributed by atoms with Gasteiger partial charge in [0.15, 0.2) is 0 Å². The third-order valence-corrected chi connectivity index (χ3v) is 4.84. The molecular formula is C20H21N5O. The van der Waals surface area contributed by atoms with Crippen LogP contribution in [-0.4, -0.2) is 33.9 Å². The van der Waals surface area contributed by atoms with Gasteiger partial charge in [-0.2, -0.15) is 10.4 Å². The largest absolute Gasteiger partial charge is 0.382 e. The first-order valence-corrected chi connectivity index (χ1v) is 9.00. The summed E-state index contributed by atoms with van der Waals surface area (Å²) in [7, 11) is 0. The second-order valence-corrected chi connectivity index (χ2v) is 6.52. The number of aromatic nitrogens is 3. The molecule has 0 spiro atoms. The van der Waals surface area contributed by atoms with E-state index in [4.69, 9.17) is 10.00 Å². The smallest absolute Gasteiger partial charge is 0.101 e. The van der Waals surface area contributed by atoms with Crippen molar-refractivity contribution in [1.29, 1.82) is 5.26 Å². The van der Waals surface area contributed by atoms with Crippen molar-refractivity contribution in [3.8, 4) is 17.5 Å². The van der Waals surface area contributed by atoms with E-state index in [9.17, 15) is 0 Å². The zero-order valence-corrected chi connectivity index (χ0v) is 14.8. The van der Waals surface area contributed by atoms with Gasteiger partial charge in [0.25, 0.3) is 0 Å². The molecule has 1 saturated heterocycles. The lowest BCUT2D eigenvalue weighted by Crippen LogP contribution is -2.28. The first-order chi connectivity index (χ1) is 12.8. The first kappa shape index (κ1) is 16.6. The van der Waals surface area contributed by atoms with E-state index in [-0.39, 0.29) is 0 Å². The second-order valence-electron chi connectivity index (χ2n) is 6.52. The van der Waals surface area contributed by atoms with Crippen LogP contribution in [0, 0.1) is 11.3 Å². The molecule has 3 aromatic rings. The minimum atomic E-state index is 0.435. The molecule has 6 nitrogen and oxygen atoms in total. The van der Waals surface area contributed by atoms with Gasteiger partial charge in [0, 0.05) is 31.1 Å². The van der Waals surface area contributed by atoms with E-state index >= 15 is 0 Å². The SMILES string of the molecule is CCc1cnc(-c2ccc3cc(C#N)cnn23)cc1NC1CCOCC1. The molecule has 4 rings (SSSR count). The van der Waals surface area contributed by atoms with Gasteiger partial charge in [0.05, 0.1) is 28.7 Å². The number of nitrogens with one attached hydrogen (secondary N) is 1. The maximum atomic E-state index is 9.04. The molecule has 26 heavy (non-hydrogen) atoms. The van der Waals surface area contributed by atoms with Gasteiger partial charge in [0.1, 0.15) is 6.07 Å². The molecule has 0 aromatic carbocycles. The summed E-state index contributed by atoms with van der Waals surface area (Å²) >= 11 is 0. The minimum Gasteiger partial charge on any atom is -0.382 e. The Morgan fingerprint density at radius 2 is 2.12 bits per heavy atom. The van der Waals surface area contributed by atoms with Gasteiger partial charge in [-0.15, -0.1) is 0 Å². The lowest BCUT2D eigenvalue weighted by atomic mass is 10.1. The minimum absolute atomic E-state index is 0.435. The Morgan fingerprint density at radius 1 is 1.27 bits per heavy atom.